The summed E-state index contributed by atoms with van der Waals surface area (Å²) < 4.78 is 15.6. The van der Waals surface area contributed by atoms with Gasteiger partial charge in [-0.25, -0.2) is 0 Å². The van der Waals surface area contributed by atoms with Gasteiger partial charge in [0.2, 0.25) is 0 Å². The third kappa shape index (κ3) is 4.94. The standard InChI is InChI=1S/C11H20O3/c1(3-5-10-8-13-10)2-4-6-12-7-11-9-14-11/h10-11H,1-9H2. The first-order chi connectivity index (χ1) is 6.95. The van der Waals surface area contributed by atoms with Crippen LogP contribution in [-0.4, -0.2) is 38.6 Å². The van der Waals surface area contributed by atoms with Gasteiger partial charge < -0.3 is 14.2 Å². The van der Waals surface area contributed by atoms with Crippen LogP contribution in [-0.2, 0) is 14.2 Å². The molecule has 2 atom stereocenters. The summed E-state index contributed by atoms with van der Waals surface area (Å²) in [6.07, 6.45) is 7.41. The predicted octanol–water partition coefficient (Wildman–Crippen LogP) is 1.75. The molecule has 2 aliphatic rings. The van der Waals surface area contributed by atoms with Gasteiger partial charge in [0, 0.05) is 6.61 Å². The molecule has 0 N–H and O–H groups in total. The van der Waals surface area contributed by atoms with E-state index >= 15 is 0 Å². The van der Waals surface area contributed by atoms with Crippen LogP contribution in [0.2, 0.25) is 0 Å². The van der Waals surface area contributed by atoms with Crippen molar-refractivity contribution in [2.24, 2.45) is 0 Å². The Labute approximate surface area is 85.7 Å². The number of hydrogen-bond acceptors (Lipinski definition) is 3. The van der Waals surface area contributed by atoms with Crippen molar-refractivity contribution in [3.8, 4) is 0 Å². The average Bonchev–Trinajstić information content (AvgIpc) is 3.00. The SMILES string of the molecule is C(CCCC1CO1)CCOCC1CO1. The number of ether oxygens (including phenoxy) is 3. The summed E-state index contributed by atoms with van der Waals surface area (Å²) in [7, 11) is 0. The van der Waals surface area contributed by atoms with Crippen molar-refractivity contribution in [3.05, 3.63) is 0 Å². The minimum absolute atomic E-state index is 0.419. The van der Waals surface area contributed by atoms with E-state index in [9.17, 15) is 0 Å². The lowest BCUT2D eigenvalue weighted by Gasteiger charge is -2.01. The van der Waals surface area contributed by atoms with Gasteiger partial charge in [0.15, 0.2) is 0 Å². The highest BCUT2D eigenvalue weighted by Crippen LogP contribution is 2.17. The lowest BCUT2D eigenvalue weighted by atomic mass is 10.1. The molecule has 2 saturated heterocycles. The zero-order valence-corrected chi connectivity index (χ0v) is 8.74. The Kier molecular flexibility index (Phi) is 4.22. The Morgan fingerprint density at radius 2 is 1.64 bits per heavy atom. The Morgan fingerprint density at radius 3 is 2.36 bits per heavy atom. The molecule has 0 amide bonds. The Bertz CT molecular complexity index is 135. The largest absolute Gasteiger partial charge is 0.379 e. The minimum Gasteiger partial charge on any atom is -0.379 e. The molecule has 2 rings (SSSR count). The lowest BCUT2D eigenvalue weighted by molar-refractivity contribution is 0.113. The zero-order chi connectivity index (χ0) is 9.64. The van der Waals surface area contributed by atoms with E-state index in [4.69, 9.17) is 14.2 Å². The van der Waals surface area contributed by atoms with Crippen molar-refractivity contribution in [3.63, 3.8) is 0 Å². The number of rotatable bonds is 9. The van der Waals surface area contributed by atoms with E-state index in [1.165, 1.54) is 32.1 Å². The van der Waals surface area contributed by atoms with Gasteiger partial charge in [-0.1, -0.05) is 19.3 Å². The third-order valence-electron chi connectivity index (χ3n) is 2.67. The van der Waals surface area contributed by atoms with Crippen LogP contribution in [0.3, 0.4) is 0 Å². The summed E-state index contributed by atoms with van der Waals surface area (Å²) in [6, 6.07) is 0. The smallest absolute Gasteiger partial charge is 0.104 e. The van der Waals surface area contributed by atoms with Gasteiger partial charge >= 0.3 is 0 Å². The maximum Gasteiger partial charge on any atom is 0.104 e. The second-order valence-electron chi connectivity index (χ2n) is 4.19. The van der Waals surface area contributed by atoms with E-state index in [0.29, 0.717) is 12.2 Å². The van der Waals surface area contributed by atoms with Crippen molar-refractivity contribution in [2.45, 2.75) is 44.3 Å². The molecular weight excluding hydrogens is 180 g/mol. The van der Waals surface area contributed by atoms with Gasteiger partial charge in [0.05, 0.1) is 25.9 Å². The zero-order valence-electron chi connectivity index (χ0n) is 8.74. The molecule has 0 aromatic heterocycles. The molecule has 2 aliphatic heterocycles. The molecule has 0 aliphatic carbocycles. The fraction of sp³-hybridized carbons (Fsp3) is 1.00. The molecule has 0 bridgehead atoms. The van der Waals surface area contributed by atoms with Crippen molar-refractivity contribution >= 4 is 0 Å². The van der Waals surface area contributed by atoms with Gasteiger partial charge in [0.25, 0.3) is 0 Å². The van der Waals surface area contributed by atoms with Crippen molar-refractivity contribution in [2.75, 3.05) is 26.4 Å². The minimum atomic E-state index is 0.419. The number of hydrogen-bond donors (Lipinski definition) is 0. The Morgan fingerprint density at radius 1 is 0.929 bits per heavy atom. The van der Waals surface area contributed by atoms with E-state index < -0.39 is 0 Å². The average molecular weight is 200 g/mol. The number of epoxide rings is 2. The van der Waals surface area contributed by atoms with Gasteiger partial charge in [-0.15, -0.1) is 0 Å². The highest BCUT2D eigenvalue weighted by molar-refractivity contribution is 4.68. The van der Waals surface area contributed by atoms with Crippen LogP contribution in [0.15, 0.2) is 0 Å². The first-order valence-corrected chi connectivity index (χ1v) is 5.76. The predicted molar refractivity (Wildman–Crippen MR) is 53.4 cm³/mol. The highest BCUT2D eigenvalue weighted by Gasteiger charge is 2.22. The molecule has 0 spiro atoms. The summed E-state index contributed by atoms with van der Waals surface area (Å²) in [4.78, 5) is 0. The molecule has 2 fully saturated rings. The van der Waals surface area contributed by atoms with Gasteiger partial charge in [-0.2, -0.15) is 0 Å². The van der Waals surface area contributed by atoms with Crippen LogP contribution in [0, 0.1) is 0 Å². The maximum absolute atomic E-state index is 5.45. The van der Waals surface area contributed by atoms with Crippen LogP contribution < -0.4 is 0 Å². The summed E-state index contributed by atoms with van der Waals surface area (Å²) >= 11 is 0. The van der Waals surface area contributed by atoms with Crippen LogP contribution in [0.1, 0.15) is 32.1 Å². The molecule has 3 heteroatoms. The summed E-state index contributed by atoms with van der Waals surface area (Å²) in [5, 5.41) is 0. The van der Waals surface area contributed by atoms with Crippen molar-refractivity contribution in [1.29, 1.82) is 0 Å². The third-order valence-corrected chi connectivity index (χ3v) is 2.67. The molecule has 2 unspecified atom stereocenters. The fourth-order valence-corrected chi connectivity index (χ4v) is 1.54. The van der Waals surface area contributed by atoms with Crippen molar-refractivity contribution < 1.29 is 14.2 Å². The maximum atomic E-state index is 5.45. The summed E-state index contributed by atoms with van der Waals surface area (Å²) in [5.41, 5.74) is 0. The normalized spacial score (nSPS) is 29.1. The molecule has 14 heavy (non-hydrogen) atoms. The van der Waals surface area contributed by atoms with Crippen molar-refractivity contribution in [1.82, 2.24) is 0 Å². The molecule has 0 saturated carbocycles. The Hall–Kier alpha value is -0.120. The lowest BCUT2D eigenvalue weighted by Crippen LogP contribution is -2.02. The Balaban J connectivity index is 1.25. The van der Waals surface area contributed by atoms with E-state index in [1.807, 2.05) is 0 Å². The molecule has 0 aromatic carbocycles. The van der Waals surface area contributed by atoms with Crippen LogP contribution in [0.5, 0.6) is 0 Å². The summed E-state index contributed by atoms with van der Waals surface area (Å²) in [6.45, 7) is 3.61. The van der Waals surface area contributed by atoms with Crippen LogP contribution in [0.4, 0.5) is 0 Å². The van der Waals surface area contributed by atoms with Crippen LogP contribution >= 0.6 is 0 Å². The monoisotopic (exact) mass is 200 g/mol. The van der Waals surface area contributed by atoms with E-state index in [2.05, 4.69) is 0 Å². The van der Waals surface area contributed by atoms with Gasteiger partial charge in [-0.3, -0.25) is 0 Å². The quantitative estimate of drug-likeness (QED) is 0.420. The summed E-state index contributed by atoms with van der Waals surface area (Å²) in [5.74, 6) is 0. The highest BCUT2D eigenvalue weighted by atomic mass is 16.6. The number of unbranched alkanes of at least 4 members (excludes halogenated alkanes) is 3. The molecule has 0 radical (unpaired) electrons. The molecule has 2 heterocycles. The second kappa shape index (κ2) is 5.69. The molecule has 82 valence electrons. The second-order valence-corrected chi connectivity index (χ2v) is 4.19. The first kappa shape index (κ1) is 10.4. The van der Waals surface area contributed by atoms with E-state index in [0.717, 1.165) is 26.4 Å². The first-order valence-electron chi connectivity index (χ1n) is 5.76. The van der Waals surface area contributed by atoms with Gasteiger partial charge in [0.1, 0.15) is 6.10 Å². The molecule has 0 aromatic rings. The topological polar surface area (TPSA) is 34.3 Å². The van der Waals surface area contributed by atoms with Crippen LogP contribution in [0.25, 0.3) is 0 Å². The molecular formula is C11H20O3. The molecule has 3 nitrogen and oxygen atoms in total. The fourth-order valence-electron chi connectivity index (χ4n) is 1.54. The van der Waals surface area contributed by atoms with E-state index in [-0.39, 0.29) is 0 Å². The van der Waals surface area contributed by atoms with E-state index in [1.54, 1.807) is 0 Å². The van der Waals surface area contributed by atoms with Gasteiger partial charge in [-0.05, 0) is 12.8 Å².